The first-order valence-electron chi connectivity index (χ1n) is 8.59. The zero-order chi connectivity index (χ0) is 19.9. The summed E-state index contributed by atoms with van der Waals surface area (Å²) in [6.45, 7) is 8.82. The molecule has 0 atom stereocenters. The monoisotopic (exact) mass is 402 g/mol. The number of carbonyl (C=O) groups excluding carboxylic acids is 1. The predicted octanol–water partition coefficient (Wildman–Crippen LogP) is 6.68. The van der Waals surface area contributed by atoms with Crippen LogP contribution in [0.1, 0.15) is 66.7 Å². The first-order valence-corrected chi connectivity index (χ1v) is 10.0. The summed E-state index contributed by atoms with van der Waals surface area (Å²) < 4.78 is 41.1. The average Bonchev–Trinajstić information content (AvgIpc) is 2.87. The maximum atomic E-state index is 13.7. The quantitative estimate of drug-likeness (QED) is 0.338. The second-order valence-electron chi connectivity index (χ2n) is 7.79. The topological polar surface area (TPSA) is 17.1 Å². The number of hydrogen-bond donors (Lipinski definition) is 1. The number of thiol groups is 1. The average molecular weight is 403 g/mol. The number of halogens is 3. The van der Waals surface area contributed by atoms with Crippen LogP contribution < -0.4 is 0 Å². The van der Waals surface area contributed by atoms with E-state index in [0.717, 1.165) is 35.8 Å². The summed E-state index contributed by atoms with van der Waals surface area (Å²) in [5.41, 5.74) is 1.46. The normalized spacial score (nSPS) is 18.4. The number of carbonyl (C=O) groups is 1. The van der Waals surface area contributed by atoms with Crippen LogP contribution in [-0.2, 0) is 12.8 Å². The van der Waals surface area contributed by atoms with Gasteiger partial charge in [0.2, 0.25) is 0 Å². The fourth-order valence-corrected chi connectivity index (χ4v) is 4.84. The minimum Gasteiger partial charge on any atom is -0.294 e. The van der Waals surface area contributed by atoms with Crippen LogP contribution in [-0.4, -0.2) is 17.7 Å². The van der Waals surface area contributed by atoms with E-state index in [1.165, 1.54) is 25.2 Å². The lowest BCUT2D eigenvalue weighted by Gasteiger charge is -2.29. The Bertz CT molecular complexity index is 780. The number of alkyl halides is 3. The van der Waals surface area contributed by atoms with Crippen molar-refractivity contribution < 1.29 is 18.0 Å². The summed E-state index contributed by atoms with van der Waals surface area (Å²) in [5.74, 6) is 0.0904. The molecule has 0 aromatic carbocycles. The Morgan fingerprint density at radius 3 is 2.38 bits per heavy atom. The highest BCUT2D eigenvalue weighted by molar-refractivity contribution is 7.80. The van der Waals surface area contributed by atoms with Crippen molar-refractivity contribution in [2.75, 3.05) is 5.75 Å². The Kier molecular flexibility index (Phi) is 6.18. The van der Waals surface area contributed by atoms with Crippen molar-refractivity contribution in [3.8, 4) is 0 Å². The van der Waals surface area contributed by atoms with Gasteiger partial charge in [-0.3, -0.25) is 4.79 Å². The van der Waals surface area contributed by atoms with Crippen LogP contribution in [0, 0.1) is 5.41 Å². The van der Waals surface area contributed by atoms with Crippen molar-refractivity contribution >= 4 is 35.3 Å². The van der Waals surface area contributed by atoms with Crippen LogP contribution in [0.2, 0.25) is 0 Å². The molecule has 144 valence electrons. The van der Waals surface area contributed by atoms with E-state index in [1.807, 2.05) is 0 Å². The maximum Gasteiger partial charge on any atom is 0.416 e. The molecule has 1 aliphatic rings. The summed E-state index contributed by atoms with van der Waals surface area (Å²) >= 11 is 5.41. The third-order valence-corrected chi connectivity index (χ3v) is 6.73. The highest BCUT2D eigenvalue weighted by atomic mass is 32.1. The Balaban J connectivity index is 2.74. The van der Waals surface area contributed by atoms with Crippen LogP contribution in [0.3, 0.4) is 0 Å². The molecule has 0 bridgehead atoms. The largest absolute Gasteiger partial charge is 0.416 e. The fourth-order valence-electron chi connectivity index (χ4n) is 3.37. The second-order valence-corrected chi connectivity index (χ2v) is 9.21. The van der Waals surface area contributed by atoms with Crippen LogP contribution in [0.25, 0.3) is 5.57 Å². The van der Waals surface area contributed by atoms with Crippen molar-refractivity contribution in [1.29, 1.82) is 0 Å². The zero-order valence-electron chi connectivity index (χ0n) is 15.8. The van der Waals surface area contributed by atoms with Gasteiger partial charge in [0, 0.05) is 21.1 Å². The molecule has 0 saturated carbocycles. The van der Waals surface area contributed by atoms with Gasteiger partial charge in [0.15, 0.2) is 5.78 Å². The van der Waals surface area contributed by atoms with Crippen LogP contribution in [0.5, 0.6) is 0 Å². The molecule has 0 fully saturated rings. The first kappa shape index (κ1) is 21.3. The number of fused-ring (bicyclic) bond motifs is 1. The van der Waals surface area contributed by atoms with Gasteiger partial charge in [-0.05, 0) is 62.7 Å². The van der Waals surface area contributed by atoms with E-state index >= 15 is 0 Å². The predicted molar refractivity (Wildman–Crippen MR) is 106 cm³/mol. The van der Waals surface area contributed by atoms with Gasteiger partial charge in [-0.15, -0.1) is 11.3 Å². The molecular weight excluding hydrogens is 377 g/mol. The maximum absolute atomic E-state index is 13.7. The molecule has 0 amide bonds. The highest BCUT2D eigenvalue weighted by Crippen LogP contribution is 2.45. The molecule has 0 aliphatic heterocycles. The molecule has 0 saturated heterocycles. The minimum atomic E-state index is -4.48. The number of rotatable bonds is 4. The van der Waals surface area contributed by atoms with E-state index in [2.05, 4.69) is 26.5 Å². The van der Waals surface area contributed by atoms with Gasteiger partial charge in [0.05, 0.1) is 5.57 Å². The Hall–Kier alpha value is -1.01. The van der Waals surface area contributed by atoms with Gasteiger partial charge in [-0.1, -0.05) is 19.4 Å². The van der Waals surface area contributed by atoms with Gasteiger partial charge in [0.1, 0.15) is 0 Å². The zero-order valence-corrected chi connectivity index (χ0v) is 17.5. The molecule has 1 nitrogen and oxygen atoms in total. The molecular formula is C20H25F3OS2. The summed E-state index contributed by atoms with van der Waals surface area (Å²) in [4.78, 5) is 13.9. The number of thiophene rings is 1. The second kappa shape index (κ2) is 7.55. The van der Waals surface area contributed by atoms with Crippen molar-refractivity contribution in [3.05, 3.63) is 38.1 Å². The third kappa shape index (κ3) is 4.45. The number of allylic oxidation sites excluding steroid dienone is 3. The lowest BCUT2D eigenvalue weighted by Crippen LogP contribution is -2.22. The van der Waals surface area contributed by atoms with Crippen molar-refractivity contribution in [2.45, 2.75) is 60.1 Å². The van der Waals surface area contributed by atoms with E-state index in [1.54, 1.807) is 6.92 Å². The van der Waals surface area contributed by atoms with E-state index < -0.39 is 11.7 Å². The lowest BCUT2D eigenvalue weighted by molar-refractivity contribution is -0.0877. The smallest absolute Gasteiger partial charge is 0.294 e. The van der Waals surface area contributed by atoms with Crippen LogP contribution in [0.15, 0.2) is 17.2 Å². The van der Waals surface area contributed by atoms with Gasteiger partial charge in [-0.25, -0.2) is 0 Å². The Morgan fingerprint density at radius 2 is 1.88 bits per heavy atom. The SMILES string of the molecule is CC(=O)c1c(/C(C)=C(/C=C(\C)CS)C(F)(F)F)sc2c1CC(C)(C)CC2. The van der Waals surface area contributed by atoms with Gasteiger partial charge in [-0.2, -0.15) is 25.8 Å². The number of ketones is 1. The van der Waals surface area contributed by atoms with E-state index in [0.29, 0.717) is 16.0 Å². The molecule has 0 radical (unpaired) electrons. The summed E-state index contributed by atoms with van der Waals surface area (Å²) in [6.07, 6.45) is -0.812. The molecule has 1 heterocycles. The van der Waals surface area contributed by atoms with Gasteiger partial charge in [0.25, 0.3) is 0 Å². The first-order chi connectivity index (χ1) is 11.9. The molecule has 0 unspecified atom stereocenters. The van der Waals surface area contributed by atoms with Gasteiger partial charge >= 0.3 is 6.18 Å². The Labute approximate surface area is 162 Å². The molecule has 1 aromatic heterocycles. The minimum absolute atomic E-state index is 0.0581. The molecule has 6 heteroatoms. The molecule has 1 aromatic rings. The standard InChI is InChI=1S/C20H25F3OS2/c1-11(10-25)8-15(20(21,22)23)12(2)18-17(13(3)24)14-9-19(4,5)7-6-16(14)26-18/h8,25H,6-7,9-10H2,1-5H3/b11-8+,15-12-. The van der Waals surface area contributed by atoms with Crippen molar-refractivity contribution in [3.63, 3.8) is 0 Å². The van der Waals surface area contributed by atoms with E-state index in [9.17, 15) is 18.0 Å². The van der Waals surface area contributed by atoms with Crippen LogP contribution >= 0.6 is 24.0 Å². The number of aryl methyl sites for hydroxylation is 1. The van der Waals surface area contributed by atoms with Crippen molar-refractivity contribution in [2.24, 2.45) is 5.41 Å². The van der Waals surface area contributed by atoms with Crippen molar-refractivity contribution in [1.82, 2.24) is 0 Å². The molecule has 26 heavy (non-hydrogen) atoms. The van der Waals surface area contributed by atoms with Gasteiger partial charge < -0.3 is 0 Å². The Morgan fingerprint density at radius 1 is 1.27 bits per heavy atom. The summed E-state index contributed by atoms with van der Waals surface area (Å²) in [5, 5.41) is 0. The van der Waals surface area contributed by atoms with Crippen LogP contribution in [0.4, 0.5) is 13.2 Å². The molecule has 0 N–H and O–H groups in total. The lowest BCUT2D eigenvalue weighted by atomic mass is 9.75. The number of Topliss-reactive ketones (excluding diaryl/α,β-unsaturated/α-hetero) is 1. The molecule has 1 aliphatic carbocycles. The summed E-state index contributed by atoms with van der Waals surface area (Å²) in [7, 11) is 0. The highest BCUT2D eigenvalue weighted by Gasteiger charge is 2.37. The molecule has 0 spiro atoms. The fraction of sp³-hybridized carbons (Fsp3) is 0.550. The van der Waals surface area contributed by atoms with E-state index in [-0.39, 0.29) is 22.5 Å². The molecule has 2 rings (SSSR count). The van der Waals surface area contributed by atoms with E-state index in [4.69, 9.17) is 0 Å². The number of hydrogen-bond acceptors (Lipinski definition) is 3. The summed E-state index contributed by atoms with van der Waals surface area (Å²) in [6, 6.07) is 0. The third-order valence-electron chi connectivity index (χ3n) is 4.82.